The normalized spacial score (nSPS) is 10.9. The monoisotopic (exact) mass is 255 g/mol. The van der Waals surface area contributed by atoms with E-state index in [0.29, 0.717) is 0 Å². The number of nitrogens with one attached hydrogen (secondary N) is 1. The molecule has 1 N–H and O–H groups in total. The van der Waals surface area contributed by atoms with E-state index < -0.39 is 0 Å². The van der Waals surface area contributed by atoms with Crippen LogP contribution in [0, 0.1) is 0 Å². The molecule has 0 aliphatic rings. The van der Waals surface area contributed by atoms with Gasteiger partial charge in [-0.2, -0.15) is 0 Å². The van der Waals surface area contributed by atoms with Gasteiger partial charge >= 0.3 is 0 Å². The fourth-order valence-corrected chi connectivity index (χ4v) is 1.86. The average molecular weight is 255 g/mol. The highest BCUT2D eigenvalue weighted by Crippen LogP contribution is 2.29. The molecule has 0 saturated heterocycles. The molecule has 0 atom stereocenters. The molecule has 19 heavy (non-hydrogen) atoms. The second-order valence-corrected chi connectivity index (χ2v) is 6.07. The predicted molar refractivity (Wildman–Crippen MR) is 86.6 cm³/mol. The molecule has 0 fully saturated rings. The lowest BCUT2D eigenvalue weighted by atomic mass is 9.85. The minimum Gasteiger partial charge on any atom is -0.359 e. The van der Waals surface area contributed by atoms with Crippen molar-refractivity contribution in [2.24, 2.45) is 0 Å². The van der Waals surface area contributed by atoms with Crippen LogP contribution in [-0.2, 0) is 11.8 Å². The van der Waals surface area contributed by atoms with E-state index in [0.717, 1.165) is 23.4 Å². The number of anilines is 1. The van der Waals surface area contributed by atoms with Gasteiger partial charge in [-0.05, 0) is 36.0 Å². The first kappa shape index (κ1) is 15.3. The first-order valence-corrected chi connectivity index (χ1v) is 6.60. The molecule has 0 aliphatic heterocycles. The molecular formula is C18H25N. The van der Waals surface area contributed by atoms with E-state index >= 15 is 0 Å². The third-order valence-corrected chi connectivity index (χ3v) is 3.03. The maximum Gasteiger partial charge on any atom is 0.0420 e. The smallest absolute Gasteiger partial charge is 0.0420 e. The molecule has 102 valence electrons. The molecule has 0 aliphatic carbocycles. The Labute approximate surface area is 117 Å². The molecule has 0 aromatic heterocycles. The van der Waals surface area contributed by atoms with Crippen molar-refractivity contribution < 1.29 is 0 Å². The summed E-state index contributed by atoms with van der Waals surface area (Å²) in [5.41, 5.74) is 5.75. The zero-order valence-corrected chi connectivity index (χ0v) is 12.6. The lowest BCUT2D eigenvalue weighted by Gasteiger charge is -2.22. The van der Waals surface area contributed by atoms with E-state index in [4.69, 9.17) is 0 Å². The summed E-state index contributed by atoms with van der Waals surface area (Å²) in [4.78, 5) is 0. The molecule has 1 aromatic carbocycles. The van der Waals surface area contributed by atoms with E-state index in [9.17, 15) is 0 Å². The van der Waals surface area contributed by atoms with Crippen LogP contribution in [0.25, 0.3) is 0 Å². The van der Waals surface area contributed by atoms with Crippen LogP contribution < -0.4 is 5.32 Å². The molecule has 1 aromatic rings. The van der Waals surface area contributed by atoms with Gasteiger partial charge in [0.05, 0.1) is 0 Å². The lowest BCUT2D eigenvalue weighted by Crippen LogP contribution is -2.12. The molecule has 1 rings (SSSR count). The maximum absolute atomic E-state index is 3.99. The fraction of sp³-hybridized carbons (Fsp3) is 0.333. The van der Waals surface area contributed by atoms with Crippen molar-refractivity contribution in [2.45, 2.75) is 39.5 Å². The molecule has 1 nitrogen and oxygen atoms in total. The molecule has 0 unspecified atom stereocenters. The standard InChI is InChI=1S/C18H25N/c1-8-14(4)11-15-9-10-16(18(5,6)7)12-17(15)19-13(2)3/h8-10,12,19H,1-2,4,11H2,3,5-7H3. The van der Waals surface area contributed by atoms with Crippen LogP contribution in [0.3, 0.4) is 0 Å². The quantitative estimate of drug-likeness (QED) is 0.712. The van der Waals surface area contributed by atoms with E-state index in [1.807, 2.05) is 13.0 Å². The van der Waals surface area contributed by atoms with E-state index in [1.165, 1.54) is 11.1 Å². The fourth-order valence-electron chi connectivity index (χ4n) is 1.86. The van der Waals surface area contributed by atoms with Gasteiger partial charge in [0, 0.05) is 11.4 Å². The van der Waals surface area contributed by atoms with Crippen LogP contribution in [-0.4, -0.2) is 0 Å². The van der Waals surface area contributed by atoms with Gasteiger partial charge in [0.25, 0.3) is 0 Å². The van der Waals surface area contributed by atoms with Crippen LogP contribution in [0.4, 0.5) is 5.69 Å². The topological polar surface area (TPSA) is 12.0 Å². The van der Waals surface area contributed by atoms with E-state index in [1.54, 1.807) is 0 Å². The summed E-state index contributed by atoms with van der Waals surface area (Å²) in [5, 5.41) is 3.35. The Hall–Kier alpha value is -1.76. The predicted octanol–water partition coefficient (Wildman–Crippen LogP) is 5.21. The molecule has 0 radical (unpaired) electrons. The number of hydrogen-bond acceptors (Lipinski definition) is 1. The van der Waals surface area contributed by atoms with Crippen LogP contribution in [0.2, 0.25) is 0 Å². The van der Waals surface area contributed by atoms with Crippen LogP contribution >= 0.6 is 0 Å². The third kappa shape index (κ3) is 4.44. The van der Waals surface area contributed by atoms with E-state index in [2.05, 4.69) is 64.0 Å². The molecule has 1 heteroatoms. The highest BCUT2D eigenvalue weighted by Gasteiger charge is 2.15. The molecule has 0 bridgehead atoms. The Morgan fingerprint density at radius 1 is 1.26 bits per heavy atom. The van der Waals surface area contributed by atoms with Gasteiger partial charge < -0.3 is 5.32 Å². The summed E-state index contributed by atoms with van der Waals surface area (Å²) in [6.45, 7) is 20.3. The van der Waals surface area contributed by atoms with Crippen molar-refractivity contribution in [3.8, 4) is 0 Å². The average Bonchev–Trinajstić information content (AvgIpc) is 2.29. The molecule has 0 saturated carbocycles. The Morgan fingerprint density at radius 3 is 2.37 bits per heavy atom. The Kier molecular flexibility index (Phi) is 4.77. The maximum atomic E-state index is 3.99. The van der Waals surface area contributed by atoms with Crippen LogP contribution in [0.15, 0.2) is 55.3 Å². The van der Waals surface area contributed by atoms with Crippen molar-refractivity contribution in [3.63, 3.8) is 0 Å². The lowest BCUT2D eigenvalue weighted by molar-refractivity contribution is 0.590. The Morgan fingerprint density at radius 2 is 1.89 bits per heavy atom. The number of allylic oxidation sites excluding steroid dienone is 3. The molecule has 0 spiro atoms. The Bertz CT molecular complexity index is 501. The third-order valence-electron chi connectivity index (χ3n) is 3.03. The van der Waals surface area contributed by atoms with Gasteiger partial charge in [-0.15, -0.1) is 0 Å². The molecular weight excluding hydrogens is 230 g/mol. The number of hydrogen-bond donors (Lipinski definition) is 1. The van der Waals surface area contributed by atoms with Gasteiger partial charge in [-0.25, -0.2) is 0 Å². The minimum atomic E-state index is 0.138. The van der Waals surface area contributed by atoms with Gasteiger partial charge in [0.15, 0.2) is 0 Å². The zero-order chi connectivity index (χ0) is 14.6. The zero-order valence-electron chi connectivity index (χ0n) is 12.6. The van der Waals surface area contributed by atoms with Crippen molar-refractivity contribution in [2.75, 3.05) is 5.32 Å². The molecule has 0 heterocycles. The number of benzene rings is 1. The number of rotatable bonds is 5. The SMILES string of the molecule is C=CC(=C)Cc1ccc(C(C)(C)C)cc1NC(=C)C. The van der Waals surface area contributed by atoms with Crippen molar-refractivity contribution >= 4 is 5.69 Å². The van der Waals surface area contributed by atoms with Crippen LogP contribution in [0.5, 0.6) is 0 Å². The Balaban J connectivity index is 3.20. The summed E-state index contributed by atoms with van der Waals surface area (Å²) in [6.07, 6.45) is 2.62. The molecule has 0 amide bonds. The highest BCUT2D eigenvalue weighted by molar-refractivity contribution is 5.58. The van der Waals surface area contributed by atoms with E-state index in [-0.39, 0.29) is 5.41 Å². The summed E-state index contributed by atoms with van der Waals surface area (Å²) >= 11 is 0. The summed E-state index contributed by atoms with van der Waals surface area (Å²) < 4.78 is 0. The van der Waals surface area contributed by atoms with Crippen LogP contribution in [0.1, 0.15) is 38.8 Å². The van der Waals surface area contributed by atoms with Crippen molar-refractivity contribution in [1.82, 2.24) is 0 Å². The van der Waals surface area contributed by atoms with Gasteiger partial charge in [-0.1, -0.05) is 64.3 Å². The minimum absolute atomic E-state index is 0.138. The second-order valence-electron chi connectivity index (χ2n) is 6.07. The summed E-state index contributed by atoms with van der Waals surface area (Å²) in [5.74, 6) is 0. The first-order chi connectivity index (χ1) is 8.74. The summed E-state index contributed by atoms with van der Waals surface area (Å²) in [7, 11) is 0. The van der Waals surface area contributed by atoms with Gasteiger partial charge in [0.1, 0.15) is 0 Å². The largest absolute Gasteiger partial charge is 0.359 e. The van der Waals surface area contributed by atoms with Crippen molar-refractivity contribution in [3.05, 3.63) is 66.4 Å². The highest BCUT2D eigenvalue weighted by atomic mass is 14.9. The van der Waals surface area contributed by atoms with Gasteiger partial charge in [-0.3, -0.25) is 0 Å². The second kappa shape index (κ2) is 5.92. The van der Waals surface area contributed by atoms with Gasteiger partial charge in [0.2, 0.25) is 0 Å². The van der Waals surface area contributed by atoms with Crippen molar-refractivity contribution in [1.29, 1.82) is 0 Å². The first-order valence-electron chi connectivity index (χ1n) is 6.60. The summed E-state index contributed by atoms with van der Waals surface area (Å²) in [6, 6.07) is 6.57.